The summed E-state index contributed by atoms with van der Waals surface area (Å²) in [5.41, 5.74) is 3.24. The molecule has 2 rings (SSSR count). The summed E-state index contributed by atoms with van der Waals surface area (Å²) in [6, 6.07) is 8.75. The summed E-state index contributed by atoms with van der Waals surface area (Å²) in [5.74, 6) is -1.03. The van der Waals surface area contributed by atoms with E-state index >= 15 is 0 Å². The van der Waals surface area contributed by atoms with E-state index in [1.807, 2.05) is 19.1 Å². The molecule has 0 aliphatic rings. The highest BCUT2D eigenvalue weighted by molar-refractivity contribution is 5.94. The number of nitrogens with zero attached hydrogens (tertiary/aromatic N) is 1. The highest BCUT2D eigenvalue weighted by Crippen LogP contribution is 2.22. The Labute approximate surface area is 116 Å². The van der Waals surface area contributed by atoms with E-state index in [1.165, 1.54) is 18.2 Å². The van der Waals surface area contributed by atoms with E-state index in [0.29, 0.717) is 11.8 Å². The van der Waals surface area contributed by atoms with E-state index in [1.54, 1.807) is 18.3 Å². The maximum atomic E-state index is 11.1. The zero-order valence-electron chi connectivity index (χ0n) is 10.9. The summed E-state index contributed by atoms with van der Waals surface area (Å²) < 4.78 is 0. The number of pyridine rings is 1. The predicted octanol–water partition coefficient (Wildman–Crippen LogP) is 2.97. The number of carboxylic acids is 1. The lowest BCUT2D eigenvalue weighted by Crippen LogP contribution is -2.00. The van der Waals surface area contributed by atoms with E-state index in [9.17, 15) is 9.59 Å². The molecule has 2 aromatic rings. The van der Waals surface area contributed by atoms with Crippen LogP contribution in [0.3, 0.4) is 0 Å². The molecule has 4 nitrogen and oxygen atoms in total. The highest BCUT2D eigenvalue weighted by Gasteiger charge is 2.10. The number of rotatable bonds is 4. The Bertz CT molecular complexity index is 673. The summed E-state index contributed by atoms with van der Waals surface area (Å²) in [6.45, 7) is 1.95. The maximum absolute atomic E-state index is 11.1. The molecule has 1 heterocycles. The molecule has 100 valence electrons. The second-order valence-corrected chi connectivity index (χ2v) is 4.32. The van der Waals surface area contributed by atoms with Crippen molar-refractivity contribution >= 4 is 18.3 Å². The van der Waals surface area contributed by atoms with Gasteiger partial charge in [0.05, 0.1) is 11.3 Å². The van der Waals surface area contributed by atoms with Crippen molar-refractivity contribution in [1.82, 2.24) is 4.98 Å². The van der Waals surface area contributed by atoms with Crippen LogP contribution in [0.15, 0.2) is 42.6 Å². The molecule has 0 aliphatic carbocycles. The van der Waals surface area contributed by atoms with Crippen LogP contribution in [-0.2, 0) is 4.79 Å². The van der Waals surface area contributed by atoms with Crippen molar-refractivity contribution in [2.45, 2.75) is 6.92 Å². The van der Waals surface area contributed by atoms with Crippen molar-refractivity contribution in [2.75, 3.05) is 0 Å². The number of allylic oxidation sites excluding steroid dienone is 1. The molecule has 1 N–H and O–H groups in total. The Morgan fingerprint density at radius 3 is 2.65 bits per heavy atom. The van der Waals surface area contributed by atoms with Gasteiger partial charge in [-0.1, -0.05) is 18.2 Å². The molecule has 0 unspecified atom stereocenters. The molecule has 20 heavy (non-hydrogen) atoms. The summed E-state index contributed by atoms with van der Waals surface area (Å²) in [4.78, 5) is 25.8. The third kappa shape index (κ3) is 2.98. The van der Waals surface area contributed by atoms with Crippen molar-refractivity contribution in [1.29, 1.82) is 0 Å². The van der Waals surface area contributed by atoms with Gasteiger partial charge in [-0.3, -0.25) is 9.78 Å². The first kappa shape index (κ1) is 13.7. The molecule has 1 aromatic carbocycles. The number of carboxylic acid groups (broad SMARTS) is 1. The number of aromatic carboxylic acids is 1. The quantitative estimate of drug-likeness (QED) is 0.683. The van der Waals surface area contributed by atoms with Crippen LogP contribution in [0.1, 0.15) is 21.5 Å². The molecule has 0 radical (unpaired) electrons. The van der Waals surface area contributed by atoms with Crippen LogP contribution in [0.25, 0.3) is 17.3 Å². The molecule has 4 heteroatoms. The second-order valence-electron chi connectivity index (χ2n) is 4.32. The molecule has 0 bridgehead atoms. The Morgan fingerprint density at radius 2 is 2.05 bits per heavy atom. The summed E-state index contributed by atoms with van der Waals surface area (Å²) in [6.07, 6.45) is 5.12. The monoisotopic (exact) mass is 267 g/mol. The van der Waals surface area contributed by atoms with Crippen LogP contribution in [0.4, 0.5) is 0 Å². The first-order valence-electron chi connectivity index (χ1n) is 6.04. The molecule has 1 aromatic heterocycles. The molecule has 0 amide bonds. The molecule has 0 aliphatic heterocycles. The van der Waals surface area contributed by atoms with Gasteiger partial charge in [-0.2, -0.15) is 0 Å². The minimum Gasteiger partial charge on any atom is -0.478 e. The smallest absolute Gasteiger partial charge is 0.336 e. The number of hydrogen-bond acceptors (Lipinski definition) is 3. The first-order chi connectivity index (χ1) is 9.61. The molecule has 0 spiro atoms. The molecular formula is C16H13NO3. The number of aldehydes is 1. The minimum atomic E-state index is -1.03. The van der Waals surface area contributed by atoms with Crippen LogP contribution in [0.2, 0.25) is 0 Å². The number of hydrogen-bond donors (Lipinski definition) is 1. The van der Waals surface area contributed by atoms with Gasteiger partial charge in [-0.15, -0.1) is 0 Å². The van der Waals surface area contributed by atoms with Crippen LogP contribution < -0.4 is 0 Å². The van der Waals surface area contributed by atoms with Crippen molar-refractivity contribution < 1.29 is 14.7 Å². The van der Waals surface area contributed by atoms with Gasteiger partial charge in [-0.25, -0.2) is 4.79 Å². The fourth-order valence-electron chi connectivity index (χ4n) is 1.84. The molecular weight excluding hydrogens is 254 g/mol. The molecule has 0 saturated heterocycles. The molecule has 0 saturated carbocycles. The summed E-state index contributed by atoms with van der Waals surface area (Å²) in [7, 11) is 0. The minimum absolute atomic E-state index is 0.152. The maximum Gasteiger partial charge on any atom is 0.336 e. The van der Waals surface area contributed by atoms with E-state index in [4.69, 9.17) is 5.11 Å². The standard InChI is InChI=1S/C16H13NO3/c1-11-4-7-15(17-10-11)13-5-6-14(16(19)20)12(9-13)3-2-8-18/h2-10H,1H3,(H,19,20). The number of carbonyl (C=O) groups excluding carboxylic acids is 1. The third-order valence-electron chi connectivity index (χ3n) is 2.84. The molecule has 0 fully saturated rings. The van der Waals surface area contributed by atoms with Gasteiger partial charge in [0.1, 0.15) is 6.29 Å². The lowest BCUT2D eigenvalue weighted by molar-refractivity contribution is -0.104. The van der Waals surface area contributed by atoms with Crippen molar-refractivity contribution in [3.8, 4) is 11.3 Å². The number of aryl methyl sites for hydroxylation is 1. The number of carbonyl (C=O) groups is 2. The fourth-order valence-corrected chi connectivity index (χ4v) is 1.84. The zero-order valence-corrected chi connectivity index (χ0v) is 10.9. The number of benzene rings is 1. The lowest BCUT2D eigenvalue weighted by atomic mass is 10.0. The van der Waals surface area contributed by atoms with Gasteiger partial charge in [0, 0.05) is 11.8 Å². The zero-order chi connectivity index (χ0) is 14.5. The van der Waals surface area contributed by atoms with E-state index in [0.717, 1.165) is 16.8 Å². The van der Waals surface area contributed by atoms with Gasteiger partial charge in [0.2, 0.25) is 0 Å². The van der Waals surface area contributed by atoms with Crippen LogP contribution in [0.5, 0.6) is 0 Å². The SMILES string of the molecule is Cc1ccc(-c2ccc(C(=O)O)c(C=CC=O)c2)nc1. The summed E-state index contributed by atoms with van der Waals surface area (Å²) in [5, 5.41) is 9.12. The van der Waals surface area contributed by atoms with Gasteiger partial charge < -0.3 is 5.11 Å². The van der Waals surface area contributed by atoms with Crippen LogP contribution in [-0.4, -0.2) is 22.3 Å². The Balaban J connectivity index is 2.51. The Morgan fingerprint density at radius 1 is 1.25 bits per heavy atom. The van der Waals surface area contributed by atoms with Crippen molar-refractivity contribution in [3.63, 3.8) is 0 Å². The highest BCUT2D eigenvalue weighted by atomic mass is 16.4. The Hall–Kier alpha value is -2.75. The lowest BCUT2D eigenvalue weighted by Gasteiger charge is -2.06. The van der Waals surface area contributed by atoms with Gasteiger partial charge in [0.25, 0.3) is 0 Å². The molecule has 0 atom stereocenters. The normalized spacial score (nSPS) is 10.7. The van der Waals surface area contributed by atoms with Crippen LogP contribution in [0, 0.1) is 6.92 Å². The average molecular weight is 267 g/mol. The average Bonchev–Trinajstić information content (AvgIpc) is 2.45. The number of aromatic nitrogens is 1. The van der Waals surface area contributed by atoms with Crippen LogP contribution >= 0.6 is 0 Å². The Kier molecular flexibility index (Phi) is 4.05. The first-order valence-corrected chi connectivity index (χ1v) is 6.04. The summed E-state index contributed by atoms with van der Waals surface area (Å²) >= 11 is 0. The predicted molar refractivity (Wildman–Crippen MR) is 76.5 cm³/mol. The largest absolute Gasteiger partial charge is 0.478 e. The van der Waals surface area contributed by atoms with Gasteiger partial charge in [0.15, 0.2) is 0 Å². The van der Waals surface area contributed by atoms with Crippen molar-refractivity contribution in [2.24, 2.45) is 0 Å². The third-order valence-corrected chi connectivity index (χ3v) is 2.84. The van der Waals surface area contributed by atoms with Gasteiger partial charge >= 0.3 is 5.97 Å². The fraction of sp³-hybridized carbons (Fsp3) is 0.0625. The topological polar surface area (TPSA) is 67.3 Å². The second kappa shape index (κ2) is 5.93. The van der Waals surface area contributed by atoms with E-state index in [-0.39, 0.29) is 5.56 Å². The van der Waals surface area contributed by atoms with Gasteiger partial charge in [-0.05, 0) is 42.3 Å². The van der Waals surface area contributed by atoms with E-state index < -0.39 is 5.97 Å². The van der Waals surface area contributed by atoms with Crippen molar-refractivity contribution in [3.05, 3.63) is 59.3 Å². The van der Waals surface area contributed by atoms with E-state index in [2.05, 4.69) is 4.98 Å².